The summed E-state index contributed by atoms with van der Waals surface area (Å²) < 4.78 is 10.6. The minimum Gasteiger partial charge on any atom is -0.463 e. The van der Waals surface area contributed by atoms with E-state index in [9.17, 15) is 9.59 Å². The fraction of sp³-hybridized carbons (Fsp3) is 0.100. The number of aromatic nitrogens is 2. The second-order valence-corrected chi connectivity index (χ2v) is 6.72. The van der Waals surface area contributed by atoms with Crippen LogP contribution in [0.3, 0.4) is 0 Å². The molecule has 9 heteroatoms. The Hall–Kier alpha value is -3.65. The maximum atomic E-state index is 13.0. The van der Waals surface area contributed by atoms with Gasteiger partial charge in [0.25, 0.3) is 11.6 Å². The number of nitrogens with zero attached hydrogens (tertiary/aromatic N) is 2. The smallest absolute Gasteiger partial charge is 0.259 e. The summed E-state index contributed by atoms with van der Waals surface area (Å²) in [7, 11) is 0. The van der Waals surface area contributed by atoms with Crippen LogP contribution in [-0.2, 0) is 4.79 Å². The van der Waals surface area contributed by atoms with Gasteiger partial charge in [-0.2, -0.15) is 0 Å². The number of nitrogens with one attached hydrogen (secondary N) is 2. The molecule has 2 N–H and O–H groups in total. The molecule has 0 aliphatic heterocycles. The third kappa shape index (κ3) is 3.70. The van der Waals surface area contributed by atoms with Gasteiger partial charge >= 0.3 is 0 Å². The Kier molecular flexibility index (Phi) is 4.77. The molecule has 0 unspecified atom stereocenters. The molecular formula is C20H15ClN4O4. The van der Waals surface area contributed by atoms with Crippen LogP contribution >= 0.6 is 11.6 Å². The highest BCUT2D eigenvalue weighted by molar-refractivity contribution is 6.34. The quantitative estimate of drug-likeness (QED) is 0.506. The molecule has 29 heavy (non-hydrogen) atoms. The van der Waals surface area contributed by atoms with E-state index in [1.54, 1.807) is 43.3 Å². The number of carbonyl (C=O) groups is 2. The van der Waals surface area contributed by atoms with Crippen LogP contribution in [0.2, 0.25) is 5.02 Å². The molecule has 1 aromatic carbocycles. The van der Waals surface area contributed by atoms with Crippen molar-refractivity contribution in [3.8, 4) is 11.5 Å². The lowest BCUT2D eigenvalue weighted by molar-refractivity contribution is -0.114. The number of amides is 2. The summed E-state index contributed by atoms with van der Waals surface area (Å²) in [6, 6.07) is 9.88. The van der Waals surface area contributed by atoms with Crippen molar-refractivity contribution in [1.29, 1.82) is 0 Å². The van der Waals surface area contributed by atoms with E-state index in [1.165, 1.54) is 13.2 Å². The van der Waals surface area contributed by atoms with Gasteiger partial charge in [-0.3, -0.25) is 9.59 Å². The van der Waals surface area contributed by atoms with E-state index < -0.39 is 5.91 Å². The number of benzene rings is 1. The van der Waals surface area contributed by atoms with Gasteiger partial charge in [-0.15, -0.1) is 0 Å². The number of pyridine rings is 1. The third-order valence-corrected chi connectivity index (χ3v) is 4.49. The number of halogens is 1. The molecule has 2 amide bonds. The molecule has 4 rings (SSSR count). The molecule has 3 heterocycles. The van der Waals surface area contributed by atoms with E-state index in [4.69, 9.17) is 20.5 Å². The Bertz CT molecular complexity index is 1230. The number of fused-ring (bicyclic) bond motifs is 1. The van der Waals surface area contributed by atoms with Gasteiger partial charge in [0, 0.05) is 12.6 Å². The van der Waals surface area contributed by atoms with E-state index in [0.29, 0.717) is 39.5 Å². The van der Waals surface area contributed by atoms with Gasteiger partial charge in [0.2, 0.25) is 5.91 Å². The van der Waals surface area contributed by atoms with Crippen molar-refractivity contribution in [2.75, 3.05) is 10.6 Å². The van der Waals surface area contributed by atoms with Crippen molar-refractivity contribution in [2.24, 2.45) is 0 Å². The number of rotatable bonds is 4. The molecule has 146 valence electrons. The van der Waals surface area contributed by atoms with Gasteiger partial charge in [0.15, 0.2) is 5.76 Å². The summed E-state index contributed by atoms with van der Waals surface area (Å²) in [6.07, 6.45) is 1.52. The van der Waals surface area contributed by atoms with Crippen LogP contribution in [0.15, 0.2) is 51.6 Å². The summed E-state index contributed by atoms with van der Waals surface area (Å²) in [6.45, 7) is 3.13. The molecule has 0 bridgehead atoms. The molecule has 0 fully saturated rings. The first-order valence-electron chi connectivity index (χ1n) is 8.62. The number of carbonyl (C=O) groups excluding carboxylic acids is 2. The minimum absolute atomic E-state index is 0.217. The van der Waals surface area contributed by atoms with Crippen LogP contribution in [0.25, 0.3) is 22.6 Å². The van der Waals surface area contributed by atoms with Crippen LogP contribution < -0.4 is 10.6 Å². The Morgan fingerprint density at radius 3 is 2.66 bits per heavy atom. The second kappa shape index (κ2) is 7.40. The van der Waals surface area contributed by atoms with E-state index >= 15 is 0 Å². The van der Waals surface area contributed by atoms with Crippen LogP contribution in [0.1, 0.15) is 23.0 Å². The number of hydrogen-bond donors (Lipinski definition) is 2. The Morgan fingerprint density at radius 2 is 1.97 bits per heavy atom. The Balaban J connectivity index is 1.71. The van der Waals surface area contributed by atoms with Gasteiger partial charge in [-0.25, -0.2) is 4.98 Å². The first-order valence-corrected chi connectivity index (χ1v) is 8.99. The SMILES string of the molecule is CC(=O)Nc1ccc(NC(=O)c2cc(-c3ccco3)nc3onc(C)c23)c(Cl)c1. The molecule has 0 radical (unpaired) electrons. The topological polar surface area (TPSA) is 110 Å². The summed E-state index contributed by atoms with van der Waals surface area (Å²) in [4.78, 5) is 28.6. The normalized spacial score (nSPS) is 10.9. The molecule has 0 atom stereocenters. The molecule has 0 aliphatic carbocycles. The Labute approximate surface area is 169 Å². The van der Waals surface area contributed by atoms with Crippen molar-refractivity contribution >= 4 is 45.9 Å². The van der Waals surface area contributed by atoms with Crippen LogP contribution in [-0.4, -0.2) is 22.0 Å². The molecule has 0 saturated heterocycles. The van der Waals surface area contributed by atoms with Crippen molar-refractivity contribution in [2.45, 2.75) is 13.8 Å². The molecule has 8 nitrogen and oxygen atoms in total. The van der Waals surface area contributed by atoms with Gasteiger partial charge in [-0.05, 0) is 43.3 Å². The lowest BCUT2D eigenvalue weighted by atomic mass is 10.1. The summed E-state index contributed by atoms with van der Waals surface area (Å²) in [5.41, 5.74) is 2.45. The zero-order valence-corrected chi connectivity index (χ0v) is 16.2. The van der Waals surface area contributed by atoms with E-state index in [1.807, 2.05) is 0 Å². The van der Waals surface area contributed by atoms with Crippen LogP contribution in [0.5, 0.6) is 0 Å². The second-order valence-electron chi connectivity index (χ2n) is 6.31. The molecule has 0 saturated carbocycles. The van der Waals surface area contributed by atoms with Gasteiger partial charge in [-0.1, -0.05) is 16.8 Å². The summed E-state index contributed by atoms with van der Waals surface area (Å²) in [5, 5.41) is 10.1. The monoisotopic (exact) mass is 410 g/mol. The fourth-order valence-electron chi connectivity index (χ4n) is 2.91. The largest absolute Gasteiger partial charge is 0.463 e. The number of furan rings is 1. The highest BCUT2D eigenvalue weighted by atomic mass is 35.5. The first-order chi connectivity index (χ1) is 13.9. The molecule has 4 aromatic rings. The molecular weight excluding hydrogens is 396 g/mol. The van der Waals surface area contributed by atoms with Crippen LogP contribution in [0.4, 0.5) is 11.4 Å². The van der Waals surface area contributed by atoms with Crippen LogP contribution in [0, 0.1) is 6.92 Å². The highest BCUT2D eigenvalue weighted by Crippen LogP contribution is 2.30. The minimum atomic E-state index is -0.411. The maximum Gasteiger partial charge on any atom is 0.259 e. The number of aryl methyl sites for hydroxylation is 1. The fourth-order valence-corrected chi connectivity index (χ4v) is 3.14. The zero-order valence-electron chi connectivity index (χ0n) is 15.4. The van der Waals surface area contributed by atoms with Gasteiger partial charge in [0.1, 0.15) is 5.69 Å². The summed E-state index contributed by atoms with van der Waals surface area (Å²) in [5.74, 6) is -0.135. The van der Waals surface area contributed by atoms with Crippen molar-refractivity contribution in [1.82, 2.24) is 10.1 Å². The molecule has 3 aromatic heterocycles. The van der Waals surface area contributed by atoms with E-state index in [2.05, 4.69) is 20.8 Å². The molecule has 0 spiro atoms. The Morgan fingerprint density at radius 1 is 1.14 bits per heavy atom. The zero-order chi connectivity index (χ0) is 20.5. The lowest BCUT2D eigenvalue weighted by Crippen LogP contribution is -2.14. The van der Waals surface area contributed by atoms with Crippen molar-refractivity contribution in [3.05, 3.63) is 58.9 Å². The highest BCUT2D eigenvalue weighted by Gasteiger charge is 2.21. The average molecular weight is 411 g/mol. The maximum absolute atomic E-state index is 13.0. The average Bonchev–Trinajstić information content (AvgIpc) is 3.33. The standard InChI is InChI=1S/C20H15ClN4O4/c1-10-18-13(9-16(17-4-3-7-28-17)24-20(18)29-25-10)19(27)23-15-6-5-12(8-14(15)21)22-11(2)26/h3-9H,1-2H3,(H,22,26)(H,23,27). The number of anilines is 2. The third-order valence-electron chi connectivity index (χ3n) is 4.17. The predicted molar refractivity (Wildman–Crippen MR) is 108 cm³/mol. The summed E-state index contributed by atoms with van der Waals surface area (Å²) >= 11 is 6.26. The van der Waals surface area contributed by atoms with Gasteiger partial charge in [0.05, 0.1) is 33.6 Å². The predicted octanol–water partition coefficient (Wildman–Crippen LogP) is 4.66. The van der Waals surface area contributed by atoms with E-state index in [-0.39, 0.29) is 16.6 Å². The lowest BCUT2D eigenvalue weighted by Gasteiger charge is -2.10. The van der Waals surface area contributed by atoms with Gasteiger partial charge < -0.3 is 19.6 Å². The number of hydrogen-bond acceptors (Lipinski definition) is 6. The van der Waals surface area contributed by atoms with Crippen molar-refractivity contribution in [3.63, 3.8) is 0 Å². The van der Waals surface area contributed by atoms with Crippen molar-refractivity contribution < 1.29 is 18.5 Å². The molecule has 0 aliphatic rings. The first kappa shape index (κ1) is 18.7. The van der Waals surface area contributed by atoms with E-state index in [0.717, 1.165) is 0 Å².